The molecule has 2 atom stereocenters. The van der Waals surface area contributed by atoms with E-state index >= 15 is 0 Å². The van der Waals surface area contributed by atoms with E-state index in [2.05, 4.69) is 13.0 Å². The molecular formula is C14H18O3. The molecule has 92 valence electrons. The topological polar surface area (TPSA) is 46.5 Å². The maximum atomic E-state index is 10.7. The van der Waals surface area contributed by atoms with Crippen molar-refractivity contribution in [1.29, 1.82) is 0 Å². The third kappa shape index (κ3) is 3.07. The molecule has 1 aliphatic heterocycles. The molecule has 2 rings (SSSR count). The van der Waals surface area contributed by atoms with Crippen molar-refractivity contribution in [3.8, 4) is 0 Å². The molecular weight excluding hydrogens is 216 g/mol. The van der Waals surface area contributed by atoms with E-state index in [4.69, 9.17) is 9.84 Å². The Morgan fingerprint density at radius 3 is 3.06 bits per heavy atom. The van der Waals surface area contributed by atoms with E-state index in [1.807, 2.05) is 18.2 Å². The molecule has 1 aliphatic rings. The zero-order chi connectivity index (χ0) is 12.3. The summed E-state index contributed by atoms with van der Waals surface area (Å²) in [4.78, 5) is 10.7. The van der Waals surface area contributed by atoms with E-state index in [1.54, 1.807) is 0 Å². The summed E-state index contributed by atoms with van der Waals surface area (Å²) in [5.74, 6) is 0.223. The minimum Gasteiger partial charge on any atom is -0.481 e. The number of benzene rings is 1. The highest BCUT2D eigenvalue weighted by Crippen LogP contribution is 2.30. The third-order valence-corrected chi connectivity index (χ3v) is 3.50. The number of hydrogen-bond acceptors (Lipinski definition) is 2. The standard InChI is InChI=1S/C14H18O3/c1-10(13-5-6-17-9-13)12-4-2-3-11(7-12)8-14(15)16/h2-4,7,10,13H,5-6,8-9H2,1H3,(H,15,16). The van der Waals surface area contributed by atoms with Crippen LogP contribution in [0.5, 0.6) is 0 Å². The van der Waals surface area contributed by atoms with Crippen LogP contribution >= 0.6 is 0 Å². The summed E-state index contributed by atoms with van der Waals surface area (Å²) in [6.45, 7) is 3.87. The van der Waals surface area contributed by atoms with Gasteiger partial charge in [0.25, 0.3) is 0 Å². The minimum absolute atomic E-state index is 0.0989. The molecule has 1 heterocycles. The molecule has 0 radical (unpaired) electrons. The lowest BCUT2D eigenvalue weighted by Crippen LogP contribution is -2.10. The normalized spacial score (nSPS) is 21.4. The molecule has 0 aromatic heterocycles. The second-order valence-corrected chi connectivity index (χ2v) is 4.73. The molecule has 1 aromatic carbocycles. The van der Waals surface area contributed by atoms with Gasteiger partial charge in [0.15, 0.2) is 0 Å². The second kappa shape index (κ2) is 5.32. The fourth-order valence-electron chi connectivity index (χ4n) is 2.38. The van der Waals surface area contributed by atoms with Crippen LogP contribution in [0, 0.1) is 5.92 Å². The first-order chi connectivity index (χ1) is 8.16. The lowest BCUT2D eigenvalue weighted by molar-refractivity contribution is -0.136. The van der Waals surface area contributed by atoms with Gasteiger partial charge in [-0.05, 0) is 29.4 Å². The summed E-state index contributed by atoms with van der Waals surface area (Å²) < 4.78 is 5.40. The van der Waals surface area contributed by atoms with Gasteiger partial charge in [-0.25, -0.2) is 0 Å². The van der Waals surface area contributed by atoms with Crippen LogP contribution in [0.15, 0.2) is 24.3 Å². The molecule has 1 fully saturated rings. The van der Waals surface area contributed by atoms with Crippen LogP contribution < -0.4 is 0 Å². The molecule has 2 unspecified atom stereocenters. The fraction of sp³-hybridized carbons (Fsp3) is 0.500. The van der Waals surface area contributed by atoms with E-state index in [1.165, 1.54) is 5.56 Å². The van der Waals surface area contributed by atoms with Gasteiger partial charge in [-0.3, -0.25) is 4.79 Å². The highest BCUT2D eigenvalue weighted by atomic mass is 16.5. The lowest BCUT2D eigenvalue weighted by atomic mass is 9.86. The monoisotopic (exact) mass is 234 g/mol. The van der Waals surface area contributed by atoms with E-state index in [-0.39, 0.29) is 6.42 Å². The van der Waals surface area contributed by atoms with Crippen molar-refractivity contribution in [3.63, 3.8) is 0 Å². The number of aliphatic carboxylic acids is 1. The molecule has 1 aromatic rings. The van der Waals surface area contributed by atoms with Gasteiger partial charge in [-0.2, -0.15) is 0 Å². The summed E-state index contributed by atoms with van der Waals surface area (Å²) in [7, 11) is 0. The molecule has 0 amide bonds. The van der Waals surface area contributed by atoms with Gasteiger partial charge in [0.05, 0.1) is 13.0 Å². The summed E-state index contributed by atoms with van der Waals surface area (Å²) in [5, 5.41) is 8.79. The van der Waals surface area contributed by atoms with Crippen LogP contribution in [0.2, 0.25) is 0 Å². The minimum atomic E-state index is -0.779. The zero-order valence-electron chi connectivity index (χ0n) is 10.1. The van der Waals surface area contributed by atoms with Crippen LogP contribution in [-0.4, -0.2) is 24.3 Å². The highest BCUT2D eigenvalue weighted by Gasteiger charge is 2.23. The van der Waals surface area contributed by atoms with Crippen molar-refractivity contribution in [2.24, 2.45) is 5.92 Å². The maximum absolute atomic E-state index is 10.7. The molecule has 1 N–H and O–H groups in total. The third-order valence-electron chi connectivity index (χ3n) is 3.50. The zero-order valence-corrected chi connectivity index (χ0v) is 10.1. The Balaban J connectivity index is 2.11. The molecule has 0 aliphatic carbocycles. The Kier molecular flexibility index (Phi) is 3.79. The van der Waals surface area contributed by atoms with Crippen molar-refractivity contribution in [3.05, 3.63) is 35.4 Å². The van der Waals surface area contributed by atoms with E-state index in [9.17, 15) is 4.79 Å². The van der Waals surface area contributed by atoms with E-state index in [0.717, 1.165) is 25.2 Å². The molecule has 0 spiro atoms. The maximum Gasteiger partial charge on any atom is 0.307 e. The fourth-order valence-corrected chi connectivity index (χ4v) is 2.38. The molecule has 0 saturated carbocycles. The van der Waals surface area contributed by atoms with Crippen LogP contribution in [0.4, 0.5) is 0 Å². The number of carboxylic acids is 1. The Bertz CT molecular complexity index is 394. The molecule has 3 nitrogen and oxygen atoms in total. The Morgan fingerprint density at radius 2 is 2.41 bits per heavy atom. The predicted octanol–water partition coefficient (Wildman–Crippen LogP) is 2.45. The van der Waals surface area contributed by atoms with Gasteiger partial charge < -0.3 is 9.84 Å². The van der Waals surface area contributed by atoms with E-state index in [0.29, 0.717) is 11.8 Å². The summed E-state index contributed by atoms with van der Waals surface area (Å²) >= 11 is 0. The van der Waals surface area contributed by atoms with Crippen LogP contribution in [0.3, 0.4) is 0 Å². The molecule has 1 saturated heterocycles. The van der Waals surface area contributed by atoms with E-state index < -0.39 is 5.97 Å². The number of carboxylic acid groups (broad SMARTS) is 1. The second-order valence-electron chi connectivity index (χ2n) is 4.73. The number of rotatable bonds is 4. The average molecular weight is 234 g/mol. The first-order valence-corrected chi connectivity index (χ1v) is 6.05. The Morgan fingerprint density at radius 1 is 1.59 bits per heavy atom. The van der Waals surface area contributed by atoms with Gasteiger partial charge in [-0.15, -0.1) is 0 Å². The van der Waals surface area contributed by atoms with Crippen LogP contribution in [-0.2, 0) is 16.0 Å². The first kappa shape index (κ1) is 12.1. The van der Waals surface area contributed by atoms with Crippen molar-refractivity contribution in [2.45, 2.75) is 25.7 Å². The highest BCUT2D eigenvalue weighted by molar-refractivity contribution is 5.70. The molecule has 0 bridgehead atoms. The van der Waals surface area contributed by atoms with Gasteiger partial charge >= 0.3 is 5.97 Å². The quantitative estimate of drug-likeness (QED) is 0.870. The van der Waals surface area contributed by atoms with Gasteiger partial charge in [0.2, 0.25) is 0 Å². The van der Waals surface area contributed by atoms with Gasteiger partial charge in [0, 0.05) is 6.61 Å². The number of hydrogen-bond donors (Lipinski definition) is 1. The van der Waals surface area contributed by atoms with Crippen molar-refractivity contribution >= 4 is 5.97 Å². The van der Waals surface area contributed by atoms with Crippen molar-refractivity contribution in [2.75, 3.05) is 13.2 Å². The van der Waals surface area contributed by atoms with Gasteiger partial charge in [0.1, 0.15) is 0 Å². The Labute approximate surface area is 101 Å². The number of carbonyl (C=O) groups is 1. The SMILES string of the molecule is CC(c1cccc(CC(=O)O)c1)C1CCOC1. The molecule has 3 heteroatoms. The first-order valence-electron chi connectivity index (χ1n) is 6.05. The summed E-state index contributed by atoms with van der Waals surface area (Å²) in [5.41, 5.74) is 2.10. The summed E-state index contributed by atoms with van der Waals surface area (Å²) in [6.07, 6.45) is 1.20. The van der Waals surface area contributed by atoms with Crippen LogP contribution in [0.25, 0.3) is 0 Å². The van der Waals surface area contributed by atoms with Crippen molar-refractivity contribution < 1.29 is 14.6 Å². The van der Waals surface area contributed by atoms with Crippen molar-refractivity contribution in [1.82, 2.24) is 0 Å². The average Bonchev–Trinajstić information content (AvgIpc) is 2.81. The van der Waals surface area contributed by atoms with Gasteiger partial charge in [-0.1, -0.05) is 31.2 Å². The Hall–Kier alpha value is -1.35. The smallest absolute Gasteiger partial charge is 0.307 e. The largest absolute Gasteiger partial charge is 0.481 e. The predicted molar refractivity (Wildman–Crippen MR) is 65.1 cm³/mol. The molecule has 17 heavy (non-hydrogen) atoms. The number of ether oxygens (including phenoxy) is 1. The lowest BCUT2D eigenvalue weighted by Gasteiger charge is -2.18. The van der Waals surface area contributed by atoms with Crippen LogP contribution in [0.1, 0.15) is 30.4 Å². The summed E-state index contributed by atoms with van der Waals surface area (Å²) in [6, 6.07) is 7.90.